The summed E-state index contributed by atoms with van der Waals surface area (Å²) in [6.45, 7) is 2.57. The van der Waals surface area contributed by atoms with Crippen LogP contribution in [0.5, 0.6) is 0 Å². The second-order valence-corrected chi connectivity index (χ2v) is 9.58. The molecule has 1 atom stereocenters. The molecule has 0 bridgehead atoms. The van der Waals surface area contributed by atoms with Gasteiger partial charge in [-0.1, -0.05) is 30.3 Å². The number of halogens is 4. The molecular weight excluding hydrogens is 475 g/mol. The number of methoxy groups -OCH3 is 1. The van der Waals surface area contributed by atoms with Gasteiger partial charge in [0.2, 0.25) is 5.91 Å². The molecule has 1 N–H and O–H groups in total. The van der Waals surface area contributed by atoms with E-state index in [9.17, 15) is 22.8 Å². The van der Waals surface area contributed by atoms with E-state index >= 15 is 0 Å². The van der Waals surface area contributed by atoms with E-state index in [1.165, 1.54) is 23.4 Å². The molecule has 1 amide bonds. The van der Waals surface area contributed by atoms with E-state index in [-0.39, 0.29) is 33.8 Å². The second kappa shape index (κ2) is 9.85. The maximum absolute atomic E-state index is 12.9. The number of rotatable bonds is 7. The van der Waals surface area contributed by atoms with Crippen LogP contribution in [0.3, 0.4) is 0 Å². The third-order valence-corrected chi connectivity index (χ3v) is 6.90. The summed E-state index contributed by atoms with van der Waals surface area (Å²) >= 11 is 8.43. The van der Waals surface area contributed by atoms with Gasteiger partial charge >= 0.3 is 6.18 Å². The van der Waals surface area contributed by atoms with Crippen LogP contribution in [-0.2, 0) is 28.7 Å². The smallest absolute Gasteiger partial charge is 0.383 e. The van der Waals surface area contributed by atoms with E-state index in [4.69, 9.17) is 16.3 Å². The molecule has 1 aliphatic rings. The van der Waals surface area contributed by atoms with Gasteiger partial charge in [0.05, 0.1) is 45.8 Å². The number of carbonyl (C=O) groups is 1. The number of anilines is 1. The number of nitrogens with zero attached hydrogens (tertiary/aromatic N) is 2. The molecule has 0 aliphatic carbocycles. The van der Waals surface area contributed by atoms with Crippen LogP contribution >= 0.6 is 35.1 Å². The predicted octanol–water partition coefficient (Wildman–Crippen LogP) is 4.33. The molecule has 0 fully saturated rings. The van der Waals surface area contributed by atoms with E-state index in [0.717, 1.165) is 30.0 Å². The zero-order valence-electron chi connectivity index (χ0n) is 16.6. The standard InChI is InChI=1S/C19H19ClF3N3O3S2/c1-10-7-14-16(31-10)17(28)26(5-6-29-2)18(25-14)30-9-15(27)24-13-8-11(19(21,22)23)3-4-12(13)20/h3-4,8,10H,5-7,9H2,1-2H3,(H,24,27)/t10-/m1/s1. The Bertz CT molecular complexity index is 1050. The molecule has 0 radical (unpaired) electrons. The number of carbonyl (C=O) groups excluding carboxylic acids is 1. The van der Waals surface area contributed by atoms with Crippen molar-refractivity contribution in [3.05, 3.63) is 44.8 Å². The van der Waals surface area contributed by atoms with Gasteiger partial charge in [0.1, 0.15) is 0 Å². The van der Waals surface area contributed by atoms with E-state index in [1.807, 2.05) is 6.92 Å². The molecule has 0 spiro atoms. The minimum Gasteiger partial charge on any atom is -0.383 e. The summed E-state index contributed by atoms with van der Waals surface area (Å²) < 4.78 is 45.3. The number of fused-ring (bicyclic) bond motifs is 1. The summed E-state index contributed by atoms with van der Waals surface area (Å²) in [6.07, 6.45) is -3.90. The molecule has 0 saturated heterocycles. The lowest BCUT2D eigenvalue weighted by Crippen LogP contribution is -2.27. The number of alkyl halides is 3. The zero-order valence-corrected chi connectivity index (χ0v) is 19.0. The van der Waals surface area contributed by atoms with E-state index in [1.54, 1.807) is 0 Å². The molecule has 31 heavy (non-hydrogen) atoms. The molecule has 1 aliphatic heterocycles. The summed E-state index contributed by atoms with van der Waals surface area (Å²) in [6, 6.07) is 2.71. The van der Waals surface area contributed by atoms with Crippen molar-refractivity contribution in [2.24, 2.45) is 0 Å². The number of nitrogens with one attached hydrogen (secondary N) is 1. The van der Waals surface area contributed by atoms with Crippen molar-refractivity contribution in [3.8, 4) is 0 Å². The maximum atomic E-state index is 12.9. The van der Waals surface area contributed by atoms with Crippen molar-refractivity contribution in [3.63, 3.8) is 0 Å². The highest BCUT2D eigenvalue weighted by Crippen LogP contribution is 2.35. The van der Waals surface area contributed by atoms with Crippen LogP contribution in [-0.4, -0.2) is 40.2 Å². The minimum absolute atomic E-state index is 0.00924. The van der Waals surface area contributed by atoms with Gasteiger partial charge in [0.25, 0.3) is 5.56 Å². The SMILES string of the molecule is COCCn1c(SCC(=O)Nc2cc(C(F)(F)F)ccc2Cl)nc2c(c1=O)S[C@H](C)C2. The molecule has 3 rings (SSSR count). The molecule has 2 heterocycles. The fourth-order valence-corrected chi connectivity index (χ4v) is 5.06. The number of benzene rings is 1. The molecule has 6 nitrogen and oxygen atoms in total. The van der Waals surface area contributed by atoms with E-state index in [0.29, 0.717) is 28.8 Å². The largest absolute Gasteiger partial charge is 0.416 e. The fraction of sp³-hybridized carbons (Fsp3) is 0.421. The Labute approximate surface area is 189 Å². The van der Waals surface area contributed by atoms with E-state index in [2.05, 4.69) is 10.3 Å². The van der Waals surface area contributed by atoms with Gasteiger partial charge in [-0.25, -0.2) is 4.98 Å². The van der Waals surface area contributed by atoms with Gasteiger partial charge in [-0.15, -0.1) is 11.8 Å². The molecule has 0 unspecified atom stereocenters. The first-order valence-corrected chi connectivity index (χ1v) is 11.4. The zero-order chi connectivity index (χ0) is 22.8. The third-order valence-electron chi connectivity index (χ3n) is 4.38. The van der Waals surface area contributed by atoms with Crippen LogP contribution in [0.2, 0.25) is 5.02 Å². The highest BCUT2D eigenvalue weighted by atomic mass is 35.5. The summed E-state index contributed by atoms with van der Waals surface area (Å²) in [5.41, 5.74) is -0.536. The molecule has 1 aromatic heterocycles. The van der Waals surface area contributed by atoms with Crippen LogP contribution < -0.4 is 10.9 Å². The van der Waals surface area contributed by atoms with Gasteiger partial charge in [-0.3, -0.25) is 14.2 Å². The number of thioether (sulfide) groups is 2. The summed E-state index contributed by atoms with van der Waals surface area (Å²) in [7, 11) is 1.52. The fourth-order valence-electron chi connectivity index (χ4n) is 2.94. The van der Waals surface area contributed by atoms with Gasteiger partial charge < -0.3 is 10.1 Å². The Hall–Kier alpha value is -1.69. The topological polar surface area (TPSA) is 73.2 Å². The molecule has 1 aromatic carbocycles. The lowest BCUT2D eigenvalue weighted by molar-refractivity contribution is -0.137. The van der Waals surface area contributed by atoms with Crippen molar-refractivity contribution in [1.82, 2.24) is 9.55 Å². The number of aromatic nitrogens is 2. The highest BCUT2D eigenvalue weighted by Gasteiger charge is 2.31. The number of ether oxygens (including phenoxy) is 1. The predicted molar refractivity (Wildman–Crippen MR) is 115 cm³/mol. The Kier molecular flexibility index (Phi) is 7.61. The number of hydrogen-bond donors (Lipinski definition) is 1. The summed E-state index contributed by atoms with van der Waals surface area (Å²) in [5, 5.41) is 2.98. The van der Waals surface area contributed by atoms with Gasteiger partial charge in [0, 0.05) is 18.8 Å². The first kappa shape index (κ1) is 24.0. The Balaban J connectivity index is 1.77. The second-order valence-electron chi connectivity index (χ2n) is 6.78. The maximum Gasteiger partial charge on any atom is 0.416 e. The molecular formula is C19H19ClF3N3O3S2. The van der Waals surface area contributed by atoms with Crippen molar-refractivity contribution < 1.29 is 22.7 Å². The van der Waals surface area contributed by atoms with Crippen molar-refractivity contribution in [2.75, 3.05) is 24.8 Å². The number of hydrogen-bond acceptors (Lipinski definition) is 6. The van der Waals surface area contributed by atoms with Crippen LogP contribution in [0.15, 0.2) is 33.0 Å². The first-order chi connectivity index (χ1) is 14.6. The molecule has 2 aromatic rings. The Morgan fingerprint density at radius 2 is 2.19 bits per heavy atom. The lowest BCUT2D eigenvalue weighted by atomic mass is 10.2. The van der Waals surface area contributed by atoms with Crippen LogP contribution in [0, 0.1) is 0 Å². The van der Waals surface area contributed by atoms with Crippen molar-refractivity contribution in [1.29, 1.82) is 0 Å². The van der Waals surface area contributed by atoms with Crippen molar-refractivity contribution >= 4 is 46.7 Å². The van der Waals surface area contributed by atoms with Crippen molar-refractivity contribution in [2.45, 2.75) is 41.4 Å². The third kappa shape index (κ3) is 5.76. The summed E-state index contributed by atoms with van der Waals surface area (Å²) in [4.78, 5) is 30.4. The average molecular weight is 494 g/mol. The average Bonchev–Trinajstić information content (AvgIpc) is 3.07. The normalized spacial score (nSPS) is 15.7. The molecule has 0 saturated carbocycles. The Morgan fingerprint density at radius 1 is 1.45 bits per heavy atom. The van der Waals surface area contributed by atoms with Gasteiger partial charge in [0.15, 0.2) is 5.16 Å². The first-order valence-electron chi connectivity index (χ1n) is 9.19. The number of amides is 1. The van der Waals surface area contributed by atoms with E-state index < -0.39 is 17.6 Å². The molecule has 12 heteroatoms. The highest BCUT2D eigenvalue weighted by molar-refractivity contribution is 8.00. The minimum atomic E-state index is -4.56. The van der Waals surface area contributed by atoms with Gasteiger partial charge in [-0.2, -0.15) is 13.2 Å². The Morgan fingerprint density at radius 3 is 2.87 bits per heavy atom. The van der Waals surface area contributed by atoms with Crippen LogP contribution in [0.1, 0.15) is 18.2 Å². The van der Waals surface area contributed by atoms with Crippen LogP contribution in [0.25, 0.3) is 0 Å². The van der Waals surface area contributed by atoms with Gasteiger partial charge in [-0.05, 0) is 18.2 Å². The quantitative estimate of drug-likeness (QED) is 0.457. The summed E-state index contributed by atoms with van der Waals surface area (Å²) in [5.74, 6) is -0.727. The monoisotopic (exact) mass is 493 g/mol. The lowest BCUT2D eigenvalue weighted by Gasteiger charge is -2.14. The molecule has 168 valence electrons. The van der Waals surface area contributed by atoms with Crippen LogP contribution in [0.4, 0.5) is 18.9 Å².